The minimum absolute atomic E-state index is 0.0243. The molecule has 1 aliphatic heterocycles. The Labute approximate surface area is 209 Å². The van der Waals surface area contributed by atoms with Crippen molar-refractivity contribution in [3.8, 4) is 11.6 Å². The number of aryl methyl sites for hydroxylation is 1. The summed E-state index contributed by atoms with van der Waals surface area (Å²) < 4.78 is 58.6. The first-order valence-corrected chi connectivity index (χ1v) is 14.7. The molecule has 0 spiro atoms. The van der Waals surface area contributed by atoms with Crippen LogP contribution in [0.5, 0.6) is 11.6 Å². The van der Waals surface area contributed by atoms with E-state index in [1.807, 2.05) is 6.92 Å². The maximum absolute atomic E-state index is 13.0. The van der Waals surface area contributed by atoms with Crippen molar-refractivity contribution >= 4 is 30.9 Å². The van der Waals surface area contributed by atoms with E-state index in [2.05, 4.69) is 15.1 Å². The molecular weight excluding hydrogens is 502 g/mol. The molecule has 0 atom stereocenters. The number of hydrogen-bond acceptors (Lipinski definition) is 8. The monoisotopic (exact) mass is 527 g/mol. The third-order valence-electron chi connectivity index (χ3n) is 6.25. The fourth-order valence-electron chi connectivity index (χ4n) is 4.24. The number of aromatic nitrogens is 4. The molecule has 1 saturated heterocycles. The van der Waals surface area contributed by atoms with Gasteiger partial charge in [-0.05, 0) is 56.2 Å². The van der Waals surface area contributed by atoms with Crippen molar-refractivity contribution in [1.29, 1.82) is 0 Å². The van der Waals surface area contributed by atoms with Crippen LogP contribution in [0.4, 0.5) is 0 Å². The van der Waals surface area contributed by atoms with Gasteiger partial charge in [-0.2, -0.15) is 9.40 Å². The summed E-state index contributed by atoms with van der Waals surface area (Å²) in [5.41, 5.74) is 1.60. The molecule has 5 rings (SSSR count). The van der Waals surface area contributed by atoms with E-state index in [4.69, 9.17) is 4.74 Å². The predicted molar refractivity (Wildman–Crippen MR) is 133 cm³/mol. The van der Waals surface area contributed by atoms with E-state index in [1.165, 1.54) is 22.8 Å². The highest BCUT2D eigenvalue weighted by molar-refractivity contribution is 7.90. The van der Waals surface area contributed by atoms with E-state index >= 15 is 0 Å². The van der Waals surface area contributed by atoms with Crippen molar-refractivity contribution in [2.24, 2.45) is 0 Å². The van der Waals surface area contributed by atoms with Crippen molar-refractivity contribution in [3.05, 3.63) is 66.6 Å². The largest absolute Gasteiger partial charge is 0.438 e. The molecule has 0 unspecified atom stereocenters. The van der Waals surface area contributed by atoms with E-state index in [1.54, 1.807) is 47.3 Å². The molecule has 4 aromatic rings. The Hall–Kier alpha value is -3.35. The second-order valence-corrected chi connectivity index (χ2v) is 12.8. The minimum atomic E-state index is -3.55. The molecule has 36 heavy (non-hydrogen) atoms. The smallest absolute Gasteiger partial charge is 0.243 e. The zero-order valence-corrected chi connectivity index (χ0v) is 21.4. The summed E-state index contributed by atoms with van der Waals surface area (Å²) in [7, 11) is -6.85. The summed E-state index contributed by atoms with van der Waals surface area (Å²) in [6.45, 7) is 2.68. The van der Waals surface area contributed by atoms with Gasteiger partial charge in [0.25, 0.3) is 0 Å². The Morgan fingerprint density at radius 2 is 1.53 bits per heavy atom. The molecule has 10 nitrogen and oxygen atoms in total. The van der Waals surface area contributed by atoms with Gasteiger partial charge in [0.2, 0.25) is 15.9 Å². The number of benzene rings is 2. The second-order valence-electron chi connectivity index (χ2n) is 8.80. The highest BCUT2D eigenvalue weighted by Gasteiger charge is 2.31. The van der Waals surface area contributed by atoms with Crippen LogP contribution in [0.25, 0.3) is 11.0 Å². The molecular formula is C24H25N5O5S2. The zero-order chi connectivity index (χ0) is 25.5. The molecule has 2 aromatic carbocycles. The first-order chi connectivity index (χ1) is 17.1. The predicted octanol–water partition coefficient (Wildman–Crippen LogP) is 3.36. The number of piperidine rings is 1. The fraction of sp³-hybridized carbons (Fsp3) is 0.292. The molecule has 12 heteroatoms. The minimum Gasteiger partial charge on any atom is -0.438 e. The van der Waals surface area contributed by atoms with Gasteiger partial charge in [-0.15, -0.1) is 0 Å². The van der Waals surface area contributed by atoms with Crippen molar-refractivity contribution in [3.63, 3.8) is 0 Å². The van der Waals surface area contributed by atoms with Gasteiger partial charge in [-0.25, -0.2) is 31.5 Å². The molecule has 0 aliphatic carbocycles. The lowest BCUT2D eigenvalue weighted by Gasteiger charge is -2.31. The Morgan fingerprint density at radius 3 is 2.17 bits per heavy atom. The third kappa shape index (κ3) is 4.71. The van der Waals surface area contributed by atoms with Crippen molar-refractivity contribution in [1.82, 2.24) is 24.1 Å². The van der Waals surface area contributed by atoms with Crippen molar-refractivity contribution in [2.75, 3.05) is 19.3 Å². The van der Waals surface area contributed by atoms with Gasteiger partial charge in [0.15, 0.2) is 15.5 Å². The highest BCUT2D eigenvalue weighted by atomic mass is 32.2. The van der Waals surface area contributed by atoms with Crippen LogP contribution in [0, 0.1) is 6.92 Å². The van der Waals surface area contributed by atoms with Gasteiger partial charge in [0, 0.05) is 19.3 Å². The number of hydrogen-bond donors (Lipinski definition) is 0. The van der Waals surface area contributed by atoms with E-state index in [9.17, 15) is 16.8 Å². The second kappa shape index (κ2) is 9.26. The first-order valence-electron chi connectivity index (χ1n) is 11.4. The standard InChI is InChI=1S/C24H25N5O5S2/c1-17-3-7-21(8-4-17)36(32,33)28-13-11-18(12-14-28)29-23-22(15-27-29)24(26-16-25-23)34-19-5-9-20(10-6-19)35(2,30)31/h3-10,15-16,18H,11-14H2,1-2H3. The van der Waals surface area contributed by atoms with E-state index in [0.29, 0.717) is 53.5 Å². The summed E-state index contributed by atoms with van der Waals surface area (Å²) in [6, 6.07) is 13.0. The third-order valence-corrected chi connectivity index (χ3v) is 9.29. The average Bonchev–Trinajstić information content (AvgIpc) is 3.29. The number of ether oxygens (including phenoxy) is 1. The normalized spacial score (nSPS) is 15.8. The van der Waals surface area contributed by atoms with Crippen LogP contribution in [0.3, 0.4) is 0 Å². The Morgan fingerprint density at radius 1 is 0.889 bits per heavy atom. The van der Waals surface area contributed by atoms with Crippen LogP contribution in [-0.2, 0) is 19.9 Å². The van der Waals surface area contributed by atoms with Crippen molar-refractivity contribution in [2.45, 2.75) is 35.6 Å². The van der Waals surface area contributed by atoms with E-state index in [-0.39, 0.29) is 10.9 Å². The Balaban J connectivity index is 1.33. The maximum atomic E-state index is 13.0. The van der Waals surface area contributed by atoms with Crippen LogP contribution in [-0.4, -0.2) is 60.2 Å². The summed E-state index contributed by atoms with van der Waals surface area (Å²) in [4.78, 5) is 9.11. The SMILES string of the molecule is Cc1ccc(S(=O)(=O)N2CCC(n3ncc4c(Oc5ccc(S(C)(=O)=O)cc5)ncnc43)CC2)cc1. The van der Waals surface area contributed by atoms with E-state index in [0.717, 1.165) is 11.8 Å². The number of rotatable bonds is 6. The summed E-state index contributed by atoms with van der Waals surface area (Å²) in [6.07, 6.45) is 5.35. The van der Waals surface area contributed by atoms with Gasteiger partial charge < -0.3 is 4.74 Å². The summed E-state index contributed by atoms with van der Waals surface area (Å²) in [5.74, 6) is 0.738. The topological polar surface area (TPSA) is 124 Å². The lowest BCUT2D eigenvalue weighted by atomic mass is 10.1. The first kappa shape index (κ1) is 24.3. The lowest BCUT2D eigenvalue weighted by Crippen LogP contribution is -2.39. The van der Waals surface area contributed by atoms with Gasteiger partial charge in [0.1, 0.15) is 17.5 Å². The summed E-state index contributed by atoms with van der Waals surface area (Å²) in [5, 5.41) is 5.12. The Kier molecular flexibility index (Phi) is 6.27. The molecule has 2 aromatic heterocycles. The van der Waals surface area contributed by atoms with Crippen LogP contribution < -0.4 is 4.74 Å². The molecule has 3 heterocycles. The lowest BCUT2D eigenvalue weighted by molar-refractivity contribution is 0.265. The molecule has 0 saturated carbocycles. The number of sulfone groups is 1. The van der Waals surface area contributed by atoms with Gasteiger partial charge in [0.05, 0.1) is 22.0 Å². The van der Waals surface area contributed by atoms with Crippen molar-refractivity contribution < 1.29 is 21.6 Å². The molecule has 1 fully saturated rings. The van der Waals surface area contributed by atoms with Crippen LogP contribution in [0.15, 0.2) is 70.8 Å². The summed E-state index contributed by atoms with van der Waals surface area (Å²) >= 11 is 0. The fourth-order valence-corrected chi connectivity index (χ4v) is 6.34. The molecule has 0 radical (unpaired) electrons. The number of sulfonamides is 1. The number of nitrogens with zero attached hydrogens (tertiary/aromatic N) is 5. The van der Waals surface area contributed by atoms with Gasteiger partial charge in [-0.3, -0.25) is 0 Å². The molecule has 188 valence electrons. The van der Waals surface area contributed by atoms with E-state index < -0.39 is 19.9 Å². The van der Waals surface area contributed by atoms with Gasteiger partial charge in [-0.1, -0.05) is 17.7 Å². The van der Waals surface area contributed by atoms with Crippen LogP contribution in [0.2, 0.25) is 0 Å². The molecule has 0 amide bonds. The highest BCUT2D eigenvalue weighted by Crippen LogP contribution is 2.32. The van der Waals surface area contributed by atoms with Crippen LogP contribution >= 0.6 is 0 Å². The van der Waals surface area contributed by atoms with Gasteiger partial charge >= 0.3 is 0 Å². The average molecular weight is 528 g/mol. The quantitative estimate of drug-likeness (QED) is 0.374. The maximum Gasteiger partial charge on any atom is 0.243 e. The molecule has 0 bridgehead atoms. The number of fused-ring (bicyclic) bond motifs is 1. The molecule has 1 aliphatic rings. The molecule has 0 N–H and O–H groups in total. The zero-order valence-electron chi connectivity index (χ0n) is 19.8. The Bertz CT molecular complexity index is 1610. The van der Waals surface area contributed by atoms with Crippen LogP contribution in [0.1, 0.15) is 24.4 Å².